The molecule has 0 aliphatic heterocycles. The number of aromatic hydroxyl groups is 4. The summed E-state index contributed by atoms with van der Waals surface area (Å²) in [6.45, 7) is 3.11. The van der Waals surface area contributed by atoms with Crippen LogP contribution in [-0.4, -0.2) is 72.0 Å². The van der Waals surface area contributed by atoms with Crippen LogP contribution in [0.25, 0.3) is 34.2 Å². The molecule has 0 saturated carbocycles. The molecule has 1 aromatic heterocycles. The Morgan fingerprint density at radius 2 is 1.00 bits per heavy atom. The molecule has 198 valence electrons. The number of aromatic nitrogens is 3. The second-order valence-corrected chi connectivity index (χ2v) is 8.39. The zero-order valence-electron chi connectivity index (χ0n) is 20.7. The molecule has 0 bridgehead atoms. The van der Waals surface area contributed by atoms with Gasteiger partial charge in [-0.25, -0.2) is 15.0 Å². The Hall–Kier alpha value is -4.61. The van der Waals surface area contributed by atoms with Crippen molar-refractivity contribution in [3.05, 3.63) is 53.6 Å². The maximum Gasteiger partial charge on any atom is 0.201 e. The number of hydrogen-bond donors (Lipinski definition) is 6. The van der Waals surface area contributed by atoms with Crippen LogP contribution in [-0.2, 0) is 0 Å². The molecule has 0 aliphatic carbocycles. The fourth-order valence-electron chi connectivity index (χ4n) is 3.83. The van der Waals surface area contributed by atoms with Crippen LogP contribution in [0.1, 0.15) is 11.1 Å². The number of phenols is 4. The summed E-state index contributed by atoms with van der Waals surface area (Å²) in [5.74, 6) is -2.12. The van der Waals surface area contributed by atoms with Crippen LogP contribution < -0.4 is 9.47 Å². The van der Waals surface area contributed by atoms with E-state index in [0.717, 1.165) is 11.1 Å². The Balaban J connectivity index is 1.91. The summed E-state index contributed by atoms with van der Waals surface area (Å²) in [6.07, 6.45) is 0. The Kier molecular flexibility index (Phi) is 7.79. The van der Waals surface area contributed by atoms with E-state index >= 15 is 0 Å². The number of benzene rings is 3. The number of aliphatic hydroxyl groups is 2. The van der Waals surface area contributed by atoms with E-state index < -0.39 is 23.0 Å². The van der Waals surface area contributed by atoms with Crippen LogP contribution in [0, 0.1) is 13.8 Å². The summed E-state index contributed by atoms with van der Waals surface area (Å²) in [6, 6.07) is 11.4. The minimum absolute atomic E-state index is 0.0222. The van der Waals surface area contributed by atoms with Crippen molar-refractivity contribution in [3.63, 3.8) is 0 Å². The second-order valence-electron chi connectivity index (χ2n) is 8.39. The number of aryl methyl sites for hydroxylation is 2. The smallest absolute Gasteiger partial charge is 0.201 e. The van der Waals surface area contributed by atoms with Gasteiger partial charge in [-0.1, -0.05) is 23.8 Å². The molecule has 38 heavy (non-hydrogen) atoms. The van der Waals surface area contributed by atoms with Gasteiger partial charge in [0.2, 0.25) is 11.5 Å². The highest BCUT2D eigenvalue weighted by atomic mass is 16.5. The third-order valence-electron chi connectivity index (χ3n) is 5.67. The Morgan fingerprint density at radius 3 is 1.42 bits per heavy atom. The van der Waals surface area contributed by atoms with E-state index in [1.807, 2.05) is 32.0 Å². The van der Waals surface area contributed by atoms with E-state index in [4.69, 9.17) is 19.7 Å². The Labute approximate surface area is 217 Å². The lowest BCUT2D eigenvalue weighted by Crippen LogP contribution is -2.04. The van der Waals surface area contributed by atoms with Crippen molar-refractivity contribution in [2.45, 2.75) is 13.8 Å². The van der Waals surface area contributed by atoms with E-state index in [1.54, 1.807) is 0 Å². The van der Waals surface area contributed by atoms with Gasteiger partial charge in [0.1, 0.15) is 13.2 Å². The first-order chi connectivity index (χ1) is 18.2. The van der Waals surface area contributed by atoms with E-state index in [2.05, 4.69) is 15.0 Å². The van der Waals surface area contributed by atoms with Crippen molar-refractivity contribution in [3.8, 4) is 68.7 Å². The van der Waals surface area contributed by atoms with Crippen LogP contribution in [0.15, 0.2) is 42.5 Å². The highest BCUT2D eigenvalue weighted by Crippen LogP contribution is 2.44. The van der Waals surface area contributed by atoms with Crippen LogP contribution in [0.3, 0.4) is 0 Å². The number of rotatable bonds is 9. The average molecular weight is 522 g/mol. The molecule has 0 fully saturated rings. The molecule has 0 spiro atoms. The molecule has 0 atom stereocenters. The maximum atomic E-state index is 10.7. The Bertz CT molecular complexity index is 1390. The number of aliphatic hydroxyl groups excluding tert-OH is 2. The minimum Gasteiger partial charge on any atom is -0.504 e. The van der Waals surface area contributed by atoms with Crippen molar-refractivity contribution in [1.29, 1.82) is 0 Å². The monoisotopic (exact) mass is 521 g/mol. The van der Waals surface area contributed by atoms with Gasteiger partial charge in [-0.05, 0) is 43.7 Å². The largest absolute Gasteiger partial charge is 0.504 e. The van der Waals surface area contributed by atoms with Gasteiger partial charge in [0.05, 0.1) is 24.3 Å². The van der Waals surface area contributed by atoms with E-state index in [1.165, 1.54) is 24.3 Å². The van der Waals surface area contributed by atoms with Gasteiger partial charge in [-0.3, -0.25) is 0 Å². The van der Waals surface area contributed by atoms with Gasteiger partial charge in [0.15, 0.2) is 40.5 Å². The van der Waals surface area contributed by atoms with E-state index in [-0.39, 0.29) is 66.5 Å². The van der Waals surface area contributed by atoms with Gasteiger partial charge in [0.25, 0.3) is 0 Å². The molecule has 1 heterocycles. The lowest BCUT2D eigenvalue weighted by atomic mass is 10.0. The normalized spacial score (nSPS) is 10.9. The molecule has 0 aliphatic rings. The number of ether oxygens (including phenoxy) is 2. The van der Waals surface area contributed by atoms with Crippen molar-refractivity contribution in [2.75, 3.05) is 26.4 Å². The molecule has 0 amide bonds. The van der Waals surface area contributed by atoms with Crippen LogP contribution in [0.2, 0.25) is 0 Å². The quantitative estimate of drug-likeness (QED) is 0.178. The molecule has 0 radical (unpaired) electrons. The summed E-state index contributed by atoms with van der Waals surface area (Å²) < 4.78 is 10.5. The molecule has 4 rings (SSSR count). The van der Waals surface area contributed by atoms with Gasteiger partial charge in [-0.2, -0.15) is 0 Å². The summed E-state index contributed by atoms with van der Waals surface area (Å²) in [5.41, 5.74) is 2.68. The van der Waals surface area contributed by atoms with Gasteiger partial charge in [-0.15, -0.1) is 0 Å². The first-order valence-corrected chi connectivity index (χ1v) is 11.7. The lowest BCUT2D eigenvalue weighted by molar-refractivity contribution is 0.196. The SMILES string of the molecule is Cc1ccc(-c2nc(-c3ccc(OCCO)c(O)c3O)nc(-c3ccc(OCCO)c(O)c3O)n2)c(C)c1. The fraction of sp³-hybridized carbons (Fsp3) is 0.222. The third kappa shape index (κ3) is 5.24. The standard InChI is InChI=1S/C27H27N3O8/c1-14-3-4-16(15(2)13-14)25-28-26(17-5-7-19(37-11-9-31)23(35)21(17)33)30-27(29-25)18-6-8-20(38-12-10-32)24(36)22(18)34/h3-8,13,31-36H,9-12H2,1-2H3. The highest BCUT2D eigenvalue weighted by molar-refractivity contribution is 5.77. The van der Waals surface area contributed by atoms with E-state index in [0.29, 0.717) is 5.56 Å². The van der Waals surface area contributed by atoms with Crippen molar-refractivity contribution in [1.82, 2.24) is 15.0 Å². The second kappa shape index (κ2) is 11.2. The average Bonchev–Trinajstić information content (AvgIpc) is 2.90. The third-order valence-corrected chi connectivity index (χ3v) is 5.67. The molecule has 0 saturated heterocycles. The zero-order valence-corrected chi connectivity index (χ0v) is 20.7. The predicted molar refractivity (Wildman–Crippen MR) is 137 cm³/mol. The first-order valence-electron chi connectivity index (χ1n) is 11.7. The van der Waals surface area contributed by atoms with Crippen LogP contribution in [0.5, 0.6) is 34.5 Å². The molecule has 6 N–H and O–H groups in total. The Morgan fingerprint density at radius 1 is 0.579 bits per heavy atom. The maximum absolute atomic E-state index is 10.7. The number of nitrogens with zero attached hydrogens (tertiary/aromatic N) is 3. The van der Waals surface area contributed by atoms with Crippen molar-refractivity contribution in [2.24, 2.45) is 0 Å². The minimum atomic E-state index is -0.558. The van der Waals surface area contributed by atoms with Gasteiger partial charge >= 0.3 is 0 Å². The molecular formula is C27H27N3O8. The van der Waals surface area contributed by atoms with Crippen LogP contribution in [0.4, 0.5) is 0 Å². The number of phenolic OH excluding ortho intramolecular Hbond substituents is 4. The van der Waals surface area contributed by atoms with E-state index in [9.17, 15) is 20.4 Å². The van der Waals surface area contributed by atoms with Gasteiger partial charge < -0.3 is 40.1 Å². The first kappa shape index (κ1) is 26.5. The highest BCUT2D eigenvalue weighted by Gasteiger charge is 2.22. The molecular weight excluding hydrogens is 494 g/mol. The summed E-state index contributed by atoms with van der Waals surface area (Å²) in [4.78, 5) is 13.5. The van der Waals surface area contributed by atoms with Crippen molar-refractivity contribution < 1.29 is 40.1 Å². The predicted octanol–water partition coefficient (Wildman–Crippen LogP) is 3.05. The van der Waals surface area contributed by atoms with Crippen molar-refractivity contribution >= 4 is 0 Å². The summed E-state index contributed by atoms with van der Waals surface area (Å²) >= 11 is 0. The molecule has 4 aromatic rings. The molecule has 11 nitrogen and oxygen atoms in total. The zero-order chi connectivity index (χ0) is 27.4. The summed E-state index contributed by atoms with van der Waals surface area (Å²) in [5, 5.41) is 60.4. The number of hydrogen-bond acceptors (Lipinski definition) is 11. The van der Waals surface area contributed by atoms with Crippen LogP contribution >= 0.6 is 0 Å². The topological polar surface area (TPSA) is 179 Å². The summed E-state index contributed by atoms with van der Waals surface area (Å²) in [7, 11) is 0. The molecule has 0 unspecified atom stereocenters. The molecule has 11 heteroatoms. The van der Waals surface area contributed by atoms with Gasteiger partial charge in [0, 0.05) is 5.56 Å². The molecule has 3 aromatic carbocycles. The fourth-order valence-corrected chi connectivity index (χ4v) is 3.83. The lowest BCUT2D eigenvalue weighted by Gasteiger charge is -2.14.